The van der Waals surface area contributed by atoms with E-state index in [4.69, 9.17) is 0 Å². The SMILES string of the molecule is C1=CCC=C1.[Li]. The summed E-state index contributed by atoms with van der Waals surface area (Å²) >= 11 is 0. The molecular formula is C5H6Li. The third kappa shape index (κ3) is 1.50. The van der Waals surface area contributed by atoms with Gasteiger partial charge in [0.25, 0.3) is 0 Å². The molecule has 0 aliphatic heterocycles. The molecule has 1 radical (unpaired) electrons. The van der Waals surface area contributed by atoms with Crippen LogP contribution >= 0.6 is 0 Å². The van der Waals surface area contributed by atoms with Crippen LogP contribution in [0.15, 0.2) is 24.3 Å². The van der Waals surface area contributed by atoms with Crippen LogP contribution in [0.1, 0.15) is 6.42 Å². The third-order valence-electron chi connectivity index (χ3n) is 0.655. The molecule has 0 spiro atoms. The van der Waals surface area contributed by atoms with Crippen molar-refractivity contribution in [2.75, 3.05) is 0 Å². The zero-order valence-electron chi connectivity index (χ0n) is 4.02. The molecule has 0 fully saturated rings. The molecule has 0 aromatic carbocycles. The average Bonchev–Trinajstić information content (AvgIpc) is 1.76. The molecule has 0 bridgehead atoms. The minimum atomic E-state index is 0. The van der Waals surface area contributed by atoms with Gasteiger partial charge < -0.3 is 0 Å². The molecule has 0 atom stereocenters. The molecule has 0 aromatic rings. The number of hydrogen-bond donors (Lipinski definition) is 0. The van der Waals surface area contributed by atoms with Gasteiger partial charge in [0.15, 0.2) is 0 Å². The van der Waals surface area contributed by atoms with Crippen molar-refractivity contribution in [2.45, 2.75) is 6.42 Å². The first-order valence-corrected chi connectivity index (χ1v) is 1.82. The molecule has 1 aliphatic carbocycles. The Hall–Kier alpha value is 0.0774. The van der Waals surface area contributed by atoms with E-state index >= 15 is 0 Å². The summed E-state index contributed by atoms with van der Waals surface area (Å²) in [7, 11) is 0. The molecule has 0 aromatic heterocycles. The molecule has 0 nitrogen and oxygen atoms in total. The minimum absolute atomic E-state index is 0. The summed E-state index contributed by atoms with van der Waals surface area (Å²) in [5.74, 6) is 0. The minimum Gasteiger partial charge on any atom is -0.0808 e. The van der Waals surface area contributed by atoms with Gasteiger partial charge in [-0.2, -0.15) is 0 Å². The maximum Gasteiger partial charge on any atom is 0 e. The van der Waals surface area contributed by atoms with Crippen molar-refractivity contribution < 1.29 is 0 Å². The van der Waals surface area contributed by atoms with E-state index in [9.17, 15) is 0 Å². The van der Waals surface area contributed by atoms with Crippen LogP contribution in [-0.4, -0.2) is 18.9 Å². The Balaban J connectivity index is 0.000000250. The smallest absolute Gasteiger partial charge is 0 e. The van der Waals surface area contributed by atoms with Crippen LogP contribution in [0.25, 0.3) is 0 Å². The van der Waals surface area contributed by atoms with Gasteiger partial charge in [-0.15, -0.1) is 0 Å². The summed E-state index contributed by atoms with van der Waals surface area (Å²) in [6.45, 7) is 0. The molecule has 0 saturated carbocycles. The summed E-state index contributed by atoms with van der Waals surface area (Å²) in [5, 5.41) is 0. The van der Waals surface area contributed by atoms with Gasteiger partial charge in [-0.25, -0.2) is 0 Å². The normalized spacial score (nSPS) is 14.7. The predicted molar refractivity (Wildman–Crippen MR) is 28.7 cm³/mol. The monoisotopic (exact) mass is 73.1 g/mol. The summed E-state index contributed by atoms with van der Waals surface area (Å²) in [6, 6.07) is 0. The fourth-order valence-corrected chi connectivity index (χ4v) is 0.393. The van der Waals surface area contributed by atoms with E-state index in [0.717, 1.165) is 6.42 Å². The standard InChI is InChI=1S/C5H6.Li/c1-2-4-5-3-1;/h1-4H,5H2;. The summed E-state index contributed by atoms with van der Waals surface area (Å²) < 4.78 is 0. The van der Waals surface area contributed by atoms with Crippen molar-refractivity contribution in [2.24, 2.45) is 0 Å². The molecule has 27 valence electrons. The van der Waals surface area contributed by atoms with Crippen molar-refractivity contribution in [1.82, 2.24) is 0 Å². The van der Waals surface area contributed by atoms with Crippen molar-refractivity contribution >= 4 is 18.9 Å². The number of rotatable bonds is 0. The van der Waals surface area contributed by atoms with Crippen molar-refractivity contribution in [3.05, 3.63) is 24.3 Å². The number of allylic oxidation sites excluding steroid dienone is 4. The largest absolute Gasteiger partial charge is 0.0808 e. The average molecular weight is 73.0 g/mol. The van der Waals surface area contributed by atoms with Crippen molar-refractivity contribution in [3.8, 4) is 0 Å². The molecule has 1 aliphatic rings. The zero-order valence-corrected chi connectivity index (χ0v) is 4.02. The molecule has 0 saturated heterocycles. The van der Waals surface area contributed by atoms with Crippen LogP contribution in [0.4, 0.5) is 0 Å². The van der Waals surface area contributed by atoms with E-state index in [0.29, 0.717) is 0 Å². The molecule has 0 N–H and O–H groups in total. The van der Waals surface area contributed by atoms with Crippen LogP contribution in [0.5, 0.6) is 0 Å². The van der Waals surface area contributed by atoms with E-state index in [-0.39, 0.29) is 18.9 Å². The van der Waals surface area contributed by atoms with Gasteiger partial charge in [0, 0.05) is 18.9 Å². The van der Waals surface area contributed by atoms with Gasteiger partial charge >= 0.3 is 0 Å². The van der Waals surface area contributed by atoms with Crippen molar-refractivity contribution in [3.63, 3.8) is 0 Å². The van der Waals surface area contributed by atoms with Gasteiger partial charge in [0.1, 0.15) is 0 Å². The molecule has 6 heavy (non-hydrogen) atoms. The van der Waals surface area contributed by atoms with Gasteiger partial charge in [-0.05, 0) is 6.42 Å². The van der Waals surface area contributed by atoms with Gasteiger partial charge in [-0.3, -0.25) is 0 Å². The van der Waals surface area contributed by atoms with Crippen LogP contribution in [0.2, 0.25) is 0 Å². The second-order valence-electron chi connectivity index (χ2n) is 1.09. The second kappa shape index (κ2) is 3.27. The number of hydrogen-bond acceptors (Lipinski definition) is 0. The maximum atomic E-state index is 2.12. The van der Waals surface area contributed by atoms with Gasteiger partial charge in [0.2, 0.25) is 0 Å². The summed E-state index contributed by atoms with van der Waals surface area (Å²) in [6.07, 6.45) is 9.50. The Kier molecular flexibility index (Phi) is 3.32. The third-order valence-corrected chi connectivity index (χ3v) is 0.655. The van der Waals surface area contributed by atoms with Crippen LogP contribution in [-0.2, 0) is 0 Å². The van der Waals surface area contributed by atoms with Gasteiger partial charge in [-0.1, -0.05) is 24.3 Å². The zero-order chi connectivity index (χ0) is 3.54. The fourth-order valence-electron chi connectivity index (χ4n) is 0.393. The first kappa shape index (κ1) is 6.08. The maximum absolute atomic E-state index is 2.12. The van der Waals surface area contributed by atoms with Crippen LogP contribution in [0.3, 0.4) is 0 Å². The van der Waals surface area contributed by atoms with Crippen LogP contribution < -0.4 is 0 Å². The molecule has 1 rings (SSSR count). The van der Waals surface area contributed by atoms with Crippen LogP contribution in [0, 0.1) is 0 Å². The molecule has 0 heterocycles. The Morgan fingerprint density at radius 1 is 1.00 bits per heavy atom. The molecule has 0 unspecified atom stereocenters. The first-order valence-electron chi connectivity index (χ1n) is 1.82. The first-order chi connectivity index (χ1) is 2.50. The Morgan fingerprint density at radius 2 is 1.50 bits per heavy atom. The van der Waals surface area contributed by atoms with Gasteiger partial charge in [0.05, 0.1) is 0 Å². The Bertz CT molecular complexity index is 62.0. The fraction of sp³-hybridized carbons (Fsp3) is 0.200. The molecular weight excluding hydrogens is 67.0 g/mol. The summed E-state index contributed by atoms with van der Waals surface area (Å²) in [5.41, 5.74) is 0. The van der Waals surface area contributed by atoms with E-state index in [1.165, 1.54) is 0 Å². The predicted octanol–water partition coefficient (Wildman–Crippen LogP) is 1.12. The van der Waals surface area contributed by atoms with Crippen molar-refractivity contribution in [1.29, 1.82) is 0 Å². The quantitative estimate of drug-likeness (QED) is 0.377. The van der Waals surface area contributed by atoms with E-state index in [1.54, 1.807) is 0 Å². The van der Waals surface area contributed by atoms with E-state index in [2.05, 4.69) is 24.3 Å². The van der Waals surface area contributed by atoms with E-state index in [1.807, 2.05) is 0 Å². The second-order valence-corrected chi connectivity index (χ2v) is 1.09. The Morgan fingerprint density at radius 3 is 1.67 bits per heavy atom. The molecule has 1 heteroatoms. The molecule has 0 amide bonds. The van der Waals surface area contributed by atoms with E-state index < -0.39 is 0 Å². The summed E-state index contributed by atoms with van der Waals surface area (Å²) in [4.78, 5) is 0. The topological polar surface area (TPSA) is 0 Å². The Labute approximate surface area is 50.1 Å².